The van der Waals surface area contributed by atoms with E-state index in [1.165, 1.54) is 12.4 Å². The molecule has 2 rings (SSSR count). The number of rotatable bonds is 2. The number of nitrogens with zero attached hydrogens (tertiary/aromatic N) is 3. The lowest BCUT2D eigenvalue weighted by atomic mass is 9.97. The van der Waals surface area contributed by atoms with Crippen molar-refractivity contribution in [3.05, 3.63) is 24.0 Å². The van der Waals surface area contributed by atoms with Gasteiger partial charge in [0, 0.05) is 13.1 Å². The highest BCUT2D eigenvalue weighted by Gasteiger charge is 2.27. The number of carboxylic acid groups (broad SMARTS) is 1. The fourth-order valence-electron chi connectivity index (χ4n) is 1.93. The lowest BCUT2D eigenvalue weighted by molar-refractivity contribution is -0.143. The van der Waals surface area contributed by atoms with Gasteiger partial charge in [-0.2, -0.15) is 10.2 Å². The molecule has 90 valence electrons. The Bertz CT molecular complexity index is 413. The standard InChI is InChI=1S/C11H13N3O3/c15-10(9-1-4-12-13-7-9)14-5-2-8(3-6-14)11(16)17/h1,4,7-8H,2-3,5-6H2,(H,16,17). The van der Waals surface area contributed by atoms with Crippen molar-refractivity contribution in [3.63, 3.8) is 0 Å². The summed E-state index contributed by atoms with van der Waals surface area (Å²) in [6, 6.07) is 1.61. The third-order valence-electron chi connectivity index (χ3n) is 2.96. The third-order valence-corrected chi connectivity index (χ3v) is 2.96. The summed E-state index contributed by atoms with van der Waals surface area (Å²) in [6.07, 6.45) is 3.92. The lowest BCUT2D eigenvalue weighted by Crippen LogP contribution is -2.40. The molecular weight excluding hydrogens is 222 g/mol. The van der Waals surface area contributed by atoms with Gasteiger partial charge in [-0.3, -0.25) is 9.59 Å². The maximum atomic E-state index is 12.0. The van der Waals surface area contributed by atoms with Crippen LogP contribution in [0.15, 0.2) is 18.5 Å². The molecule has 1 aliphatic rings. The minimum absolute atomic E-state index is 0.108. The second-order valence-electron chi connectivity index (χ2n) is 4.04. The van der Waals surface area contributed by atoms with Gasteiger partial charge in [-0.25, -0.2) is 0 Å². The first-order valence-electron chi connectivity index (χ1n) is 5.47. The van der Waals surface area contributed by atoms with Crippen molar-refractivity contribution in [2.75, 3.05) is 13.1 Å². The first-order valence-corrected chi connectivity index (χ1v) is 5.47. The summed E-state index contributed by atoms with van der Waals surface area (Å²) in [4.78, 5) is 24.4. The van der Waals surface area contributed by atoms with Crippen LogP contribution in [0.5, 0.6) is 0 Å². The predicted molar refractivity (Wildman–Crippen MR) is 58.3 cm³/mol. The molecule has 0 unspecified atom stereocenters. The van der Waals surface area contributed by atoms with Crippen molar-refractivity contribution in [2.45, 2.75) is 12.8 Å². The molecule has 1 aromatic rings. The fourth-order valence-corrected chi connectivity index (χ4v) is 1.93. The zero-order valence-corrected chi connectivity index (χ0v) is 9.24. The molecule has 0 atom stereocenters. The van der Waals surface area contributed by atoms with Gasteiger partial charge >= 0.3 is 5.97 Å². The zero-order valence-electron chi connectivity index (χ0n) is 9.24. The number of piperidine rings is 1. The summed E-state index contributed by atoms with van der Waals surface area (Å²) in [6.45, 7) is 0.968. The molecule has 6 nitrogen and oxygen atoms in total. The maximum Gasteiger partial charge on any atom is 0.306 e. The molecule has 0 saturated carbocycles. The normalized spacial score (nSPS) is 16.8. The van der Waals surface area contributed by atoms with E-state index in [1.807, 2.05) is 0 Å². The van der Waals surface area contributed by atoms with E-state index in [4.69, 9.17) is 5.11 Å². The Morgan fingerprint density at radius 3 is 2.53 bits per heavy atom. The molecular formula is C11H13N3O3. The molecule has 1 saturated heterocycles. The molecule has 1 aromatic heterocycles. The molecule has 6 heteroatoms. The van der Waals surface area contributed by atoms with Crippen LogP contribution in [-0.2, 0) is 4.79 Å². The fraction of sp³-hybridized carbons (Fsp3) is 0.455. The highest BCUT2D eigenvalue weighted by molar-refractivity contribution is 5.93. The van der Waals surface area contributed by atoms with Gasteiger partial charge in [0.15, 0.2) is 0 Å². The Kier molecular flexibility index (Phi) is 3.32. The van der Waals surface area contributed by atoms with Gasteiger partial charge in [0.1, 0.15) is 0 Å². The van der Waals surface area contributed by atoms with Crippen molar-refractivity contribution >= 4 is 11.9 Å². The average molecular weight is 235 g/mol. The van der Waals surface area contributed by atoms with Crippen molar-refractivity contribution in [3.8, 4) is 0 Å². The van der Waals surface area contributed by atoms with Gasteiger partial charge in [-0.1, -0.05) is 0 Å². The maximum absolute atomic E-state index is 12.0. The van der Waals surface area contributed by atoms with E-state index in [-0.39, 0.29) is 11.8 Å². The number of carbonyl (C=O) groups is 2. The van der Waals surface area contributed by atoms with Gasteiger partial charge < -0.3 is 10.0 Å². The van der Waals surface area contributed by atoms with Crippen molar-refractivity contribution < 1.29 is 14.7 Å². The monoisotopic (exact) mass is 235 g/mol. The molecule has 1 N–H and O–H groups in total. The van der Waals surface area contributed by atoms with Crippen LogP contribution in [0.4, 0.5) is 0 Å². The molecule has 1 fully saturated rings. The Morgan fingerprint density at radius 2 is 2.00 bits per heavy atom. The van der Waals surface area contributed by atoms with E-state index in [0.717, 1.165) is 0 Å². The topological polar surface area (TPSA) is 83.4 Å². The summed E-state index contributed by atoms with van der Waals surface area (Å²) in [5.41, 5.74) is 0.494. The van der Waals surface area contributed by atoms with Crippen molar-refractivity contribution in [2.24, 2.45) is 5.92 Å². The Hall–Kier alpha value is -1.98. The van der Waals surface area contributed by atoms with Crippen LogP contribution in [0.1, 0.15) is 23.2 Å². The van der Waals surface area contributed by atoms with E-state index in [2.05, 4.69) is 10.2 Å². The van der Waals surface area contributed by atoms with Crippen LogP contribution >= 0.6 is 0 Å². The highest BCUT2D eigenvalue weighted by Crippen LogP contribution is 2.18. The molecule has 0 aromatic carbocycles. The molecule has 0 bridgehead atoms. The summed E-state index contributed by atoms with van der Waals surface area (Å²) < 4.78 is 0. The number of aromatic nitrogens is 2. The van der Waals surface area contributed by atoms with Crippen LogP contribution < -0.4 is 0 Å². The number of carbonyl (C=O) groups excluding carboxylic acids is 1. The molecule has 17 heavy (non-hydrogen) atoms. The number of amides is 1. The number of carboxylic acids is 1. The first kappa shape index (κ1) is 11.5. The van der Waals surface area contributed by atoms with Crippen LogP contribution in [0.3, 0.4) is 0 Å². The highest BCUT2D eigenvalue weighted by atomic mass is 16.4. The Morgan fingerprint density at radius 1 is 1.29 bits per heavy atom. The van der Waals surface area contributed by atoms with E-state index >= 15 is 0 Å². The van der Waals surface area contributed by atoms with Crippen LogP contribution in [0.2, 0.25) is 0 Å². The summed E-state index contributed by atoms with van der Waals surface area (Å²) in [5.74, 6) is -1.21. The minimum Gasteiger partial charge on any atom is -0.481 e. The van der Waals surface area contributed by atoms with Gasteiger partial charge in [0.05, 0.1) is 23.9 Å². The molecule has 1 aliphatic heterocycles. The zero-order chi connectivity index (χ0) is 12.3. The lowest BCUT2D eigenvalue weighted by Gasteiger charge is -2.30. The molecule has 2 heterocycles. The Balaban J connectivity index is 1.98. The van der Waals surface area contributed by atoms with Crippen LogP contribution in [0, 0.1) is 5.92 Å². The van der Waals surface area contributed by atoms with E-state index < -0.39 is 5.97 Å². The molecule has 0 spiro atoms. The van der Waals surface area contributed by atoms with Crippen molar-refractivity contribution in [1.29, 1.82) is 0 Å². The second-order valence-corrected chi connectivity index (χ2v) is 4.04. The van der Waals surface area contributed by atoms with E-state index in [0.29, 0.717) is 31.5 Å². The number of likely N-dealkylation sites (tertiary alicyclic amines) is 1. The minimum atomic E-state index is -0.775. The third kappa shape index (κ3) is 2.58. The summed E-state index contributed by atoms with van der Waals surface area (Å²) >= 11 is 0. The van der Waals surface area contributed by atoms with Crippen molar-refractivity contribution in [1.82, 2.24) is 15.1 Å². The summed E-state index contributed by atoms with van der Waals surface area (Å²) in [5, 5.41) is 16.1. The number of hydrogen-bond donors (Lipinski definition) is 1. The first-order chi connectivity index (χ1) is 8.18. The van der Waals surface area contributed by atoms with Crippen LogP contribution in [0.25, 0.3) is 0 Å². The van der Waals surface area contributed by atoms with Crippen LogP contribution in [-0.4, -0.2) is 45.2 Å². The van der Waals surface area contributed by atoms with Gasteiger partial charge in [-0.15, -0.1) is 0 Å². The molecule has 1 amide bonds. The van der Waals surface area contributed by atoms with Gasteiger partial charge in [0.2, 0.25) is 0 Å². The average Bonchev–Trinajstić information content (AvgIpc) is 2.39. The molecule has 0 aliphatic carbocycles. The van der Waals surface area contributed by atoms with Gasteiger partial charge in [-0.05, 0) is 18.9 Å². The Labute approximate surface area is 98.3 Å². The van der Waals surface area contributed by atoms with Gasteiger partial charge in [0.25, 0.3) is 5.91 Å². The van der Waals surface area contributed by atoms with E-state index in [9.17, 15) is 9.59 Å². The number of hydrogen-bond acceptors (Lipinski definition) is 4. The molecule has 0 radical (unpaired) electrons. The number of aliphatic carboxylic acids is 1. The quantitative estimate of drug-likeness (QED) is 0.802. The summed E-state index contributed by atoms with van der Waals surface area (Å²) in [7, 11) is 0. The largest absolute Gasteiger partial charge is 0.481 e. The smallest absolute Gasteiger partial charge is 0.306 e. The van der Waals surface area contributed by atoms with E-state index in [1.54, 1.807) is 11.0 Å². The second kappa shape index (κ2) is 4.90. The SMILES string of the molecule is O=C(O)C1CCN(C(=O)c2ccnnc2)CC1. The predicted octanol–water partition coefficient (Wildman–Crippen LogP) is 0.413.